The van der Waals surface area contributed by atoms with Crippen molar-refractivity contribution in [2.75, 3.05) is 31.6 Å². The molecule has 2 rings (SSSR count). The van der Waals surface area contributed by atoms with Crippen molar-refractivity contribution < 1.29 is 8.42 Å². The van der Waals surface area contributed by atoms with Crippen LogP contribution < -0.4 is 0 Å². The number of benzene rings is 1. The molecule has 0 unspecified atom stereocenters. The zero-order valence-electron chi connectivity index (χ0n) is 10.8. The second-order valence-corrected chi connectivity index (χ2v) is 7.34. The second-order valence-electron chi connectivity index (χ2n) is 5.08. The summed E-state index contributed by atoms with van der Waals surface area (Å²) in [4.78, 5) is 2.26. The van der Waals surface area contributed by atoms with E-state index in [-0.39, 0.29) is 5.75 Å². The first-order chi connectivity index (χ1) is 8.54. The van der Waals surface area contributed by atoms with Gasteiger partial charge in [0, 0.05) is 12.8 Å². The summed E-state index contributed by atoms with van der Waals surface area (Å²) in [5.41, 5.74) is 1.39. The molecule has 1 aliphatic heterocycles. The average Bonchev–Trinajstić information content (AvgIpc) is 2.37. The molecule has 1 aliphatic rings. The fourth-order valence-corrected chi connectivity index (χ4v) is 3.05. The predicted octanol–water partition coefficient (Wildman–Crippen LogP) is 1.71. The van der Waals surface area contributed by atoms with Crippen LogP contribution >= 0.6 is 0 Å². The average molecular weight is 266 g/mol. The lowest BCUT2D eigenvalue weighted by atomic mass is 9.89. The van der Waals surface area contributed by atoms with E-state index in [0.717, 1.165) is 25.9 Å². The Bertz CT molecular complexity index is 462. The highest BCUT2D eigenvalue weighted by Crippen LogP contribution is 2.27. The minimum Gasteiger partial charge on any atom is -0.302 e. The largest absolute Gasteiger partial charge is 0.302 e. The summed E-state index contributed by atoms with van der Waals surface area (Å²) in [5, 5.41) is 0. The van der Waals surface area contributed by atoms with Gasteiger partial charge in [-0.15, -0.1) is 0 Å². The molecule has 1 fully saturated rings. The second kappa shape index (κ2) is 5.85. The van der Waals surface area contributed by atoms with Crippen molar-refractivity contribution in [1.82, 2.24) is 4.90 Å². The molecule has 4 heteroatoms. The van der Waals surface area contributed by atoms with E-state index in [0.29, 0.717) is 12.5 Å². The Kier molecular flexibility index (Phi) is 4.40. The molecule has 0 spiro atoms. The zero-order chi connectivity index (χ0) is 13.0. The number of hydrogen-bond donors (Lipinski definition) is 0. The Hall–Kier alpha value is -0.870. The number of hydrogen-bond acceptors (Lipinski definition) is 3. The number of rotatable bonds is 4. The molecular formula is C14H20NO2S. The third-order valence-electron chi connectivity index (χ3n) is 3.58. The minimum atomic E-state index is -2.83. The molecule has 0 atom stereocenters. The highest BCUT2D eigenvalue weighted by Gasteiger charge is 2.20. The van der Waals surface area contributed by atoms with Crippen molar-refractivity contribution in [2.24, 2.45) is 0 Å². The van der Waals surface area contributed by atoms with Gasteiger partial charge >= 0.3 is 0 Å². The van der Waals surface area contributed by atoms with E-state index < -0.39 is 9.84 Å². The van der Waals surface area contributed by atoms with Crippen LogP contribution in [0.1, 0.15) is 24.3 Å². The van der Waals surface area contributed by atoms with E-state index in [1.165, 1.54) is 11.8 Å². The van der Waals surface area contributed by atoms with Crippen molar-refractivity contribution in [3.05, 3.63) is 35.9 Å². The summed E-state index contributed by atoms with van der Waals surface area (Å²) in [7, 11) is -2.83. The van der Waals surface area contributed by atoms with Gasteiger partial charge in [-0.25, -0.2) is 8.42 Å². The van der Waals surface area contributed by atoms with Gasteiger partial charge in [0.1, 0.15) is 9.84 Å². The number of nitrogens with zero attached hydrogens (tertiary/aromatic N) is 1. The van der Waals surface area contributed by atoms with Crippen LogP contribution in [0.4, 0.5) is 0 Å². The summed E-state index contributed by atoms with van der Waals surface area (Å²) in [6.45, 7) is 2.67. The Labute approximate surface area is 110 Å². The minimum absolute atomic E-state index is 0.276. The van der Waals surface area contributed by atoms with E-state index in [4.69, 9.17) is 0 Å². The maximum atomic E-state index is 11.1. The Balaban J connectivity index is 1.82. The Morgan fingerprint density at radius 3 is 2.44 bits per heavy atom. The van der Waals surface area contributed by atoms with Crippen LogP contribution in [0.15, 0.2) is 24.3 Å². The van der Waals surface area contributed by atoms with E-state index in [1.54, 1.807) is 0 Å². The van der Waals surface area contributed by atoms with Crippen molar-refractivity contribution in [3.63, 3.8) is 0 Å². The summed E-state index contributed by atoms with van der Waals surface area (Å²) in [5.74, 6) is 0.895. The van der Waals surface area contributed by atoms with E-state index in [2.05, 4.69) is 23.1 Å². The van der Waals surface area contributed by atoms with Gasteiger partial charge in [0.15, 0.2) is 0 Å². The van der Waals surface area contributed by atoms with Gasteiger partial charge < -0.3 is 4.90 Å². The van der Waals surface area contributed by atoms with Gasteiger partial charge in [-0.2, -0.15) is 0 Å². The molecule has 1 saturated heterocycles. The van der Waals surface area contributed by atoms with Crippen molar-refractivity contribution in [1.29, 1.82) is 0 Å². The Morgan fingerprint density at radius 2 is 1.89 bits per heavy atom. The van der Waals surface area contributed by atoms with Crippen molar-refractivity contribution in [3.8, 4) is 0 Å². The molecule has 1 aromatic rings. The van der Waals surface area contributed by atoms with Crippen LogP contribution in [0, 0.1) is 6.07 Å². The quantitative estimate of drug-likeness (QED) is 0.832. The topological polar surface area (TPSA) is 37.4 Å². The van der Waals surface area contributed by atoms with E-state index in [1.807, 2.05) is 12.1 Å². The molecule has 0 saturated carbocycles. The molecule has 1 radical (unpaired) electrons. The molecule has 3 nitrogen and oxygen atoms in total. The van der Waals surface area contributed by atoms with Gasteiger partial charge in [0.05, 0.1) is 5.75 Å². The molecule has 1 aromatic carbocycles. The van der Waals surface area contributed by atoms with Crippen LogP contribution in [0.25, 0.3) is 0 Å². The first kappa shape index (κ1) is 13.6. The van der Waals surface area contributed by atoms with Gasteiger partial charge in [-0.05, 0) is 43.5 Å². The zero-order valence-corrected chi connectivity index (χ0v) is 11.6. The summed E-state index contributed by atoms with van der Waals surface area (Å²) in [6, 6.07) is 11.2. The number of piperidine rings is 1. The third kappa shape index (κ3) is 4.10. The predicted molar refractivity (Wildman–Crippen MR) is 73.4 cm³/mol. The van der Waals surface area contributed by atoms with Crippen LogP contribution in [-0.4, -0.2) is 45.0 Å². The van der Waals surface area contributed by atoms with Crippen LogP contribution in [0.5, 0.6) is 0 Å². The highest BCUT2D eigenvalue weighted by atomic mass is 32.2. The molecule has 0 bridgehead atoms. The number of sulfone groups is 1. The maximum absolute atomic E-state index is 11.1. The van der Waals surface area contributed by atoms with Crippen LogP contribution in [0.3, 0.4) is 0 Å². The fraction of sp³-hybridized carbons (Fsp3) is 0.571. The maximum Gasteiger partial charge on any atom is 0.148 e. The summed E-state index contributed by atoms with van der Waals surface area (Å²) >= 11 is 0. The van der Waals surface area contributed by atoms with Gasteiger partial charge in [-0.1, -0.05) is 24.3 Å². The van der Waals surface area contributed by atoms with Gasteiger partial charge in [0.2, 0.25) is 0 Å². The fourth-order valence-electron chi connectivity index (χ4n) is 2.46. The molecule has 18 heavy (non-hydrogen) atoms. The van der Waals surface area contributed by atoms with Crippen LogP contribution in [-0.2, 0) is 9.84 Å². The lowest BCUT2D eigenvalue weighted by molar-refractivity contribution is 0.223. The lowest BCUT2D eigenvalue weighted by Crippen LogP contribution is -2.36. The van der Waals surface area contributed by atoms with Gasteiger partial charge in [0.25, 0.3) is 0 Å². The molecule has 99 valence electrons. The summed E-state index contributed by atoms with van der Waals surface area (Å²) in [6.07, 6.45) is 3.54. The smallest absolute Gasteiger partial charge is 0.148 e. The van der Waals surface area contributed by atoms with Crippen molar-refractivity contribution in [2.45, 2.75) is 18.8 Å². The summed E-state index contributed by atoms with van der Waals surface area (Å²) < 4.78 is 22.3. The highest BCUT2D eigenvalue weighted by molar-refractivity contribution is 7.90. The molecular weight excluding hydrogens is 246 g/mol. The standard InChI is InChI=1S/C14H20NO2S/c1-18(16,17)12-11-15-9-7-14(8-10-15)13-5-3-2-4-6-13/h3-6,14H,7-12H2,1H3. The monoisotopic (exact) mass is 266 g/mol. The van der Waals surface area contributed by atoms with Crippen LogP contribution in [0.2, 0.25) is 0 Å². The normalized spacial score (nSPS) is 18.9. The molecule has 0 amide bonds. The van der Waals surface area contributed by atoms with Crippen molar-refractivity contribution >= 4 is 9.84 Å². The Morgan fingerprint density at radius 1 is 1.28 bits per heavy atom. The third-order valence-corrected chi connectivity index (χ3v) is 4.51. The number of likely N-dealkylation sites (tertiary alicyclic amines) is 1. The molecule has 0 aromatic heterocycles. The molecule has 0 N–H and O–H groups in total. The lowest BCUT2D eigenvalue weighted by Gasteiger charge is -2.31. The van der Waals surface area contributed by atoms with Gasteiger partial charge in [-0.3, -0.25) is 0 Å². The SMILES string of the molecule is CS(=O)(=O)CCN1CCC(c2cc[c]cc2)CC1. The van der Waals surface area contributed by atoms with E-state index >= 15 is 0 Å². The molecule has 0 aliphatic carbocycles. The molecule has 1 heterocycles. The van der Waals surface area contributed by atoms with E-state index in [9.17, 15) is 8.42 Å². The first-order valence-corrected chi connectivity index (χ1v) is 8.47. The first-order valence-electron chi connectivity index (χ1n) is 6.41.